The van der Waals surface area contributed by atoms with Crippen LogP contribution in [0.3, 0.4) is 0 Å². The second-order valence-corrected chi connectivity index (χ2v) is 6.53. The number of ether oxygens (including phenoxy) is 1. The van der Waals surface area contributed by atoms with Crippen molar-refractivity contribution in [1.29, 1.82) is 0 Å². The summed E-state index contributed by atoms with van der Waals surface area (Å²) in [7, 11) is 3.84. The Morgan fingerprint density at radius 3 is 3.00 bits per heavy atom. The summed E-state index contributed by atoms with van der Waals surface area (Å²) in [5.74, 6) is 1.81. The Labute approximate surface area is 128 Å². The lowest BCUT2D eigenvalue weighted by Crippen LogP contribution is -2.42. The third-order valence-corrected chi connectivity index (χ3v) is 5.12. The molecule has 3 heteroatoms. The molecule has 3 nitrogen and oxygen atoms in total. The highest BCUT2D eigenvalue weighted by atomic mass is 16.5. The number of hydrogen-bond donors (Lipinski definition) is 1. The number of aryl methyl sites for hydroxylation is 1. The zero-order chi connectivity index (χ0) is 14.7. The molecule has 1 N–H and O–H groups in total. The molecule has 1 aliphatic heterocycles. The highest BCUT2D eigenvalue weighted by Gasteiger charge is 2.30. The summed E-state index contributed by atoms with van der Waals surface area (Å²) < 4.78 is 5.45. The zero-order valence-electron chi connectivity index (χ0n) is 13.4. The van der Waals surface area contributed by atoms with E-state index >= 15 is 0 Å². The van der Waals surface area contributed by atoms with E-state index in [-0.39, 0.29) is 0 Å². The highest BCUT2D eigenvalue weighted by Crippen LogP contribution is 2.38. The van der Waals surface area contributed by atoms with Crippen molar-refractivity contribution < 1.29 is 4.74 Å². The molecule has 2 atom stereocenters. The molecule has 0 saturated carbocycles. The van der Waals surface area contributed by atoms with E-state index in [1.807, 2.05) is 0 Å². The van der Waals surface area contributed by atoms with Crippen LogP contribution >= 0.6 is 0 Å². The molecule has 0 amide bonds. The average molecular weight is 288 g/mol. The van der Waals surface area contributed by atoms with Gasteiger partial charge in [-0.15, -0.1) is 0 Å². The van der Waals surface area contributed by atoms with Gasteiger partial charge in [-0.2, -0.15) is 0 Å². The van der Waals surface area contributed by atoms with E-state index in [1.54, 1.807) is 7.11 Å². The van der Waals surface area contributed by atoms with Gasteiger partial charge in [-0.1, -0.05) is 6.07 Å². The van der Waals surface area contributed by atoms with E-state index in [0.717, 1.165) is 18.2 Å². The number of nitrogens with one attached hydrogen (secondary N) is 1. The Hall–Kier alpha value is -1.06. The molecule has 1 aliphatic carbocycles. The summed E-state index contributed by atoms with van der Waals surface area (Å²) in [4.78, 5) is 2.73. The lowest BCUT2D eigenvalue weighted by molar-refractivity contribution is 0.111. The van der Waals surface area contributed by atoms with Gasteiger partial charge in [0.15, 0.2) is 0 Å². The Morgan fingerprint density at radius 1 is 1.29 bits per heavy atom. The molecular formula is C18H28N2O. The van der Waals surface area contributed by atoms with Crippen molar-refractivity contribution in [1.82, 2.24) is 10.2 Å². The first-order chi connectivity index (χ1) is 10.3. The number of fused-ring (bicyclic) bond motifs is 1. The minimum Gasteiger partial charge on any atom is -0.497 e. The second kappa shape index (κ2) is 6.80. The molecule has 3 rings (SSSR count). The van der Waals surface area contributed by atoms with Gasteiger partial charge < -0.3 is 10.1 Å². The molecule has 0 aromatic heterocycles. The first-order valence-electron chi connectivity index (χ1n) is 8.37. The molecule has 0 radical (unpaired) electrons. The maximum absolute atomic E-state index is 5.45. The summed E-state index contributed by atoms with van der Waals surface area (Å²) in [5, 5.41) is 3.35. The smallest absolute Gasteiger partial charge is 0.119 e. The fourth-order valence-corrected chi connectivity index (χ4v) is 4.09. The molecule has 1 aromatic rings. The van der Waals surface area contributed by atoms with Crippen LogP contribution in [0.5, 0.6) is 5.75 Å². The number of benzene rings is 1. The largest absolute Gasteiger partial charge is 0.497 e. The topological polar surface area (TPSA) is 24.5 Å². The highest BCUT2D eigenvalue weighted by molar-refractivity contribution is 5.39. The molecular weight excluding hydrogens is 260 g/mol. The quantitative estimate of drug-likeness (QED) is 0.922. The maximum Gasteiger partial charge on any atom is 0.119 e. The summed E-state index contributed by atoms with van der Waals surface area (Å²) in [5.41, 5.74) is 3.05. The van der Waals surface area contributed by atoms with Gasteiger partial charge in [-0.05, 0) is 81.4 Å². The zero-order valence-corrected chi connectivity index (χ0v) is 13.4. The summed E-state index contributed by atoms with van der Waals surface area (Å²) in [6.45, 7) is 3.64. The van der Waals surface area contributed by atoms with Gasteiger partial charge >= 0.3 is 0 Å². The van der Waals surface area contributed by atoms with Gasteiger partial charge in [0.2, 0.25) is 0 Å². The van der Waals surface area contributed by atoms with Gasteiger partial charge in [0.05, 0.1) is 7.11 Å². The van der Waals surface area contributed by atoms with E-state index in [0.29, 0.717) is 6.04 Å². The number of nitrogens with zero attached hydrogens (tertiary/aromatic N) is 1. The number of rotatable bonds is 4. The van der Waals surface area contributed by atoms with Crippen LogP contribution in [0.1, 0.15) is 42.9 Å². The number of hydrogen-bond acceptors (Lipinski definition) is 3. The van der Waals surface area contributed by atoms with E-state index in [1.165, 1.54) is 56.3 Å². The lowest BCUT2D eigenvalue weighted by atomic mass is 9.85. The molecule has 2 aliphatic rings. The summed E-state index contributed by atoms with van der Waals surface area (Å²) in [6, 6.07) is 7.26. The van der Waals surface area contributed by atoms with Gasteiger partial charge in [0, 0.05) is 12.6 Å². The molecule has 116 valence electrons. The Bertz CT molecular complexity index is 472. The van der Waals surface area contributed by atoms with Crippen molar-refractivity contribution in [2.75, 3.05) is 33.8 Å². The van der Waals surface area contributed by atoms with Gasteiger partial charge in [-0.3, -0.25) is 4.90 Å². The Balaban J connectivity index is 1.80. The van der Waals surface area contributed by atoms with Crippen LogP contribution in [0.4, 0.5) is 0 Å². The second-order valence-electron chi connectivity index (χ2n) is 6.53. The Morgan fingerprint density at radius 2 is 2.19 bits per heavy atom. The predicted molar refractivity (Wildman–Crippen MR) is 86.9 cm³/mol. The van der Waals surface area contributed by atoms with Crippen LogP contribution in [0.15, 0.2) is 18.2 Å². The predicted octanol–water partition coefficient (Wildman–Crippen LogP) is 3.00. The number of likely N-dealkylation sites (tertiary alicyclic amines) is 1. The number of methoxy groups -OCH3 is 1. The van der Waals surface area contributed by atoms with Crippen LogP contribution in [0.25, 0.3) is 0 Å². The summed E-state index contributed by atoms with van der Waals surface area (Å²) in [6.07, 6.45) is 6.55. The Kier molecular flexibility index (Phi) is 4.81. The molecule has 1 fully saturated rings. The molecule has 1 aromatic carbocycles. The SMILES string of the molecule is CNCC1CCCN(C2CCCc3ccc(OC)cc32)C1. The van der Waals surface area contributed by atoms with Crippen LogP contribution < -0.4 is 10.1 Å². The molecule has 2 unspecified atom stereocenters. The van der Waals surface area contributed by atoms with Crippen LogP contribution in [-0.2, 0) is 6.42 Å². The van der Waals surface area contributed by atoms with Crippen molar-refractivity contribution in [2.45, 2.75) is 38.1 Å². The first-order valence-corrected chi connectivity index (χ1v) is 8.37. The summed E-state index contributed by atoms with van der Waals surface area (Å²) >= 11 is 0. The third kappa shape index (κ3) is 3.24. The minimum absolute atomic E-state index is 0.600. The van der Waals surface area contributed by atoms with Gasteiger partial charge in [-0.25, -0.2) is 0 Å². The van der Waals surface area contributed by atoms with Crippen LogP contribution in [0, 0.1) is 5.92 Å². The van der Waals surface area contributed by atoms with E-state index in [4.69, 9.17) is 4.74 Å². The number of piperidine rings is 1. The van der Waals surface area contributed by atoms with Gasteiger partial charge in [0.1, 0.15) is 5.75 Å². The van der Waals surface area contributed by atoms with E-state index in [9.17, 15) is 0 Å². The van der Waals surface area contributed by atoms with Crippen molar-refractivity contribution in [3.63, 3.8) is 0 Å². The van der Waals surface area contributed by atoms with Crippen molar-refractivity contribution in [3.05, 3.63) is 29.3 Å². The maximum atomic E-state index is 5.45. The van der Waals surface area contributed by atoms with Crippen molar-refractivity contribution in [2.24, 2.45) is 5.92 Å². The molecule has 1 heterocycles. The van der Waals surface area contributed by atoms with Crippen LogP contribution in [-0.4, -0.2) is 38.7 Å². The van der Waals surface area contributed by atoms with E-state index in [2.05, 4.69) is 35.5 Å². The van der Waals surface area contributed by atoms with Crippen LogP contribution in [0.2, 0.25) is 0 Å². The monoisotopic (exact) mass is 288 g/mol. The minimum atomic E-state index is 0.600. The molecule has 21 heavy (non-hydrogen) atoms. The molecule has 1 saturated heterocycles. The first kappa shape index (κ1) is 14.9. The fourth-order valence-electron chi connectivity index (χ4n) is 4.09. The third-order valence-electron chi connectivity index (χ3n) is 5.12. The fraction of sp³-hybridized carbons (Fsp3) is 0.667. The van der Waals surface area contributed by atoms with Gasteiger partial charge in [0.25, 0.3) is 0 Å². The standard InChI is InChI=1S/C18H28N2O/c1-19-12-14-5-4-10-20(13-14)18-7-3-6-15-8-9-16(21-2)11-17(15)18/h8-9,11,14,18-19H,3-7,10,12-13H2,1-2H3. The van der Waals surface area contributed by atoms with E-state index < -0.39 is 0 Å². The van der Waals surface area contributed by atoms with Crippen molar-refractivity contribution in [3.8, 4) is 5.75 Å². The molecule has 0 bridgehead atoms. The average Bonchev–Trinajstić information content (AvgIpc) is 2.54. The molecule has 0 spiro atoms. The normalized spacial score (nSPS) is 26.4. The van der Waals surface area contributed by atoms with Crippen molar-refractivity contribution >= 4 is 0 Å². The lowest BCUT2D eigenvalue weighted by Gasteiger charge is -2.41.